The average Bonchev–Trinajstić information content (AvgIpc) is 2.39. The van der Waals surface area contributed by atoms with Crippen LogP contribution in [0.4, 0.5) is 0 Å². The van der Waals surface area contributed by atoms with E-state index in [1.54, 1.807) is 0 Å². The lowest BCUT2D eigenvalue weighted by Crippen LogP contribution is -2.25. The van der Waals surface area contributed by atoms with Crippen LogP contribution in [-0.2, 0) is 0 Å². The second-order valence-corrected chi connectivity index (χ2v) is 6.27. The molecule has 0 aliphatic heterocycles. The van der Waals surface area contributed by atoms with Crippen molar-refractivity contribution >= 4 is 15.9 Å². The van der Waals surface area contributed by atoms with Crippen LogP contribution in [0.15, 0.2) is 0 Å². The van der Waals surface area contributed by atoms with E-state index in [9.17, 15) is 0 Å². The molecule has 0 fully saturated rings. The van der Waals surface area contributed by atoms with Crippen LogP contribution in [0.3, 0.4) is 0 Å². The van der Waals surface area contributed by atoms with Crippen molar-refractivity contribution in [1.82, 2.24) is 0 Å². The zero-order valence-electron chi connectivity index (χ0n) is 12.5. The van der Waals surface area contributed by atoms with Gasteiger partial charge in [-0.2, -0.15) is 0 Å². The fraction of sp³-hybridized carbons (Fsp3) is 1.00. The third kappa shape index (κ3) is 6.84. The van der Waals surface area contributed by atoms with Gasteiger partial charge in [-0.05, 0) is 30.6 Å². The summed E-state index contributed by atoms with van der Waals surface area (Å²) in [6, 6.07) is 0. The Morgan fingerprint density at radius 2 is 1.65 bits per heavy atom. The molecule has 0 N–H and O–H groups in total. The van der Waals surface area contributed by atoms with Crippen LogP contribution in [0, 0.1) is 11.3 Å². The van der Waals surface area contributed by atoms with Gasteiger partial charge in [-0.1, -0.05) is 82.1 Å². The molecule has 2 atom stereocenters. The van der Waals surface area contributed by atoms with Gasteiger partial charge >= 0.3 is 0 Å². The molecule has 0 radical (unpaired) electrons. The van der Waals surface area contributed by atoms with Gasteiger partial charge in [0.05, 0.1) is 0 Å². The van der Waals surface area contributed by atoms with E-state index in [4.69, 9.17) is 0 Å². The molecule has 0 bridgehead atoms. The summed E-state index contributed by atoms with van der Waals surface area (Å²) in [4.78, 5) is 0. The van der Waals surface area contributed by atoms with Crippen LogP contribution in [0.1, 0.15) is 85.5 Å². The first kappa shape index (κ1) is 17.5. The van der Waals surface area contributed by atoms with E-state index in [1.807, 2.05) is 0 Å². The molecule has 0 amide bonds. The Bertz CT molecular complexity index is 161. The number of hydrogen-bond acceptors (Lipinski definition) is 0. The van der Waals surface area contributed by atoms with Crippen LogP contribution < -0.4 is 0 Å². The van der Waals surface area contributed by atoms with Gasteiger partial charge in [-0.25, -0.2) is 0 Å². The maximum atomic E-state index is 3.79. The Kier molecular flexibility index (Phi) is 10.7. The smallest absolute Gasteiger partial charge is 0.00879 e. The molecular formula is C16H33Br. The predicted molar refractivity (Wildman–Crippen MR) is 84.0 cm³/mol. The van der Waals surface area contributed by atoms with E-state index in [1.165, 1.54) is 63.1 Å². The Hall–Kier alpha value is 0.480. The van der Waals surface area contributed by atoms with Gasteiger partial charge < -0.3 is 0 Å². The molecular weight excluding hydrogens is 272 g/mol. The lowest BCUT2D eigenvalue weighted by atomic mass is 9.73. The Labute approximate surface area is 118 Å². The number of alkyl halides is 1. The minimum atomic E-state index is 0.574. The number of halogens is 1. The van der Waals surface area contributed by atoms with Gasteiger partial charge in [-0.15, -0.1) is 0 Å². The molecule has 0 rings (SSSR count). The average molecular weight is 305 g/mol. The van der Waals surface area contributed by atoms with Crippen molar-refractivity contribution in [3.63, 3.8) is 0 Å². The molecule has 0 heterocycles. The second kappa shape index (κ2) is 10.4. The van der Waals surface area contributed by atoms with Crippen molar-refractivity contribution in [3.05, 3.63) is 0 Å². The molecule has 0 aliphatic carbocycles. The SMILES string of the molecule is CCCCC(CC)CC(CC)(CBr)CCCC. The highest BCUT2D eigenvalue weighted by molar-refractivity contribution is 9.09. The van der Waals surface area contributed by atoms with Gasteiger partial charge in [0.15, 0.2) is 0 Å². The number of hydrogen-bond donors (Lipinski definition) is 0. The summed E-state index contributed by atoms with van der Waals surface area (Å²) >= 11 is 3.79. The van der Waals surface area contributed by atoms with Crippen molar-refractivity contribution in [2.75, 3.05) is 5.33 Å². The first-order valence-electron chi connectivity index (χ1n) is 7.73. The molecule has 0 saturated carbocycles. The molecule has 2 unspecified atom stereocenters. The van der Waals surface area contributed by atoms with Crippen molar-refractivity contribution in [3.8, 4) is 0 Å². The fourth-order valence-corrected chi connectivity index (χ4v) is 3.65. The third-order valence-corrected chi connectivity index (χ3v) is 5.55. The monoisotopic (exact) mass is 304 g/mol. The summed E-state index contributed by atoms with van der Waals surface area (Å²) in [5, 5.41) is 1.19. The molecule has 0 aromatic carbocycles. The Morgan fingerprint density at radius 1 is 1.00 bits per heavy atom. The summed E-state index contributed by atoms with van der Waals surface area (Å²) in [6.07, 6.45) is 12.5. The largest absolute Gasteiger partial charge is 0.0922 e. The van der Waals surface area contributed by atoms with Crippen LogP contribution in [0.2, 0.25) is 0 Å². The predicted octanol–water partition coefficient (Wildman–Crippen LogP) is 6.57. The highest BCUT2D eigenvalue weighted by Gasteiger charge is 2.28. The van der Waals surface area contributed by atoms with Gasteiger partial charge in [0.1, 0.15) is 0 Å². The zero-order valence-corrected chi connectivity index (χ0v) is 14.1. The first-order chi connectivity index (χ1) is 8.17. The van der Waals surface area contributed by atoms with E-state index in [0.717, 1.165) is 5.92 Å². The standard InChI is InChI=1S/C16H33Br/c1-5-9-11-15(7-3)13-16(8-4,14-17)12-10-6-2/h15H,5-14H2,1-4H3. The highest BCUT2D eigenvalue weighted by Crippen LogP contribution is 2.39. The van der Waals surface area contributed by atoms with Gasteiger partial charge in [-0.3, -0.25) is 0 Å². The Morgan fingerprint density at radius 3 is 2.06 bits per heavy atom. The second-order valence-electron chi connectivity index (χ2n) is 5.71. The summed E-state index contributed by atoms with van der Waals surface area (Å²) in [5.41, 5.74) is 0.574. The molecule has 0 nitrogen and oxygen atoms in total. The van der Waals surface area contributed by atoms with Crippen molar-refractivity contribution in [2.24, 2.45) is 11.3 Å². The highest BCUT2D eigenvalue weighted by atomic mass is 79.9. The number of unbranched alkanes of at least 4 members (excludes halogenated alkanes) is 2. The van der Waals surface area contributed by atoms with Gasteiger partial charge in [0, 0.05) is 5.33 Å². The van der Waals surface area contributed by atoms with Crippen molar-refractivity contribution < 1.29 is 0 Å². The maximum Gasteiger partial charge on any atom is 0.00879 e. The topological polar surface area (TPSA) is 0 Å². The lowest BCUT2D eigenvalue weighted by molar-refractivity contribution is 0.203. The Balaban J connectivity index is 4.36. The van der Waals surface area contributed by atoms with Gasteiger partial charge in [0.2, 0.25) is 0 Å². The van der Waals surface area contributed by atoms with Crippen LogP contribution in [0.25, 0.3) is 0 Å². The zero-order chi connectivity index (χ0) is 13.1. The quantitative estimate of drug-likeness (QED) is 0.378. The van der Waals surface area contributed by atoms with Crippen LogP contribution >= 0.6 is 15.9 Å². The van der Waals surface area contributed by atoms with E-state index >= 15 is 0 Å². The summed E-state index contributed by atoms with van der Waals surface area (Å²) < 4.78 is 0. The molecule has 0 aliphatic rings. The molecule has 17 heavy (non-hydrogen) atoms. The minimum Gasteiger partial charge on any atom is -0.0922 e. The van der Waals surface area contributed by atoms with Crippen LogP contribution in [-0.4, -0.2) is 5.33 Å². The first-order valence-corrected chi connectivity index (χ1v) is 8.86. The summed E-state index contributed by atoms with van der Waals surface area (Å²) in [6.45, 7) is 9.36. The molecule has 0 aromatic rings. The minimum absolute atomic E-state index is 0.574. The molecule has 0 aromatic heterocycles. The normalized spacial score (nSPS) is 16.8. The van der Waals surface area contributed by atoms with Gasteiger partial charge in [0.25, 0.3) is 0 Å². The van der Waals surface area contributed by atoms with E-state index < -0.39 is 0 Å². The van der Waals surface area contributed by atoms with E-state index in [2.05, 4.69) is 43.6 Å². The maximum absolute atomic E-state index is 3.79. The van der Waals surface area contributed by atoms with Crippen molar-refractivity contribution in [1.29, 1.82) is 0 Å². The molecule has 0 spiro atoms. The van der Waals surface area contributed by atoms with E-state index in [-0.39, 0.29) is 0 Å². The summed E-state index contributed by atoms with van der Waals surface area (Å²) in [5.74, 6) is 0.948. The summed E-state index contributed by atoms with van der Waals surface area (Å²) in [7, 11) is 0. The molecule has 1 heteroatoms. The van der Waals surface area contributed by atoms with Crippen molar-refractivity contribution in [2.45, 2.75) is 85.5 Å². The lowest BCUT2D eigenvalue weighted by Gasteiger charge is -2.34. The third-order valence-electron chi connectivity index (χ3n) is 4.36. The van der Waals surface area contributed by atoms with E-state index in [0.29, 0.717) is 5.41 Å². The number of rotatable bonds is 11. The van der Waals surface area contributed by atoms with Crippen LogP contribution in [0.5, 0.6) is 0 Å². The molecule has 104 valence electrons. The molecule has 0 saturated heterocycles. The fourth-order valence-electron chi connectivity index (χ4n) is 2.75.